The predicted molar refractivity (Wildman–Crippen MR) is 111 cm³/mol. The molecule has 3 aromatic rings. The zero-order valence-electron chi connectivity index (χ0n) is 16.7. The minimum atomic E-state index is 0.0397. The SMILES string of the molecule is COc1ccccc1C(=O)N1CCCC(Cc2nncn2Cc2ccccc2)C1. The van der Waals surface area contributed by atoms with Gasteiger partial charge >= 0.3 is 0 Å². The van der Waals surface area contributed by atoms with Crippen molar-refractivity contribution in [3.63, 3.8) is 0 Å². The van der Waals surface area contributed by atoms with Crippen molar-refractivity contribution in [2.24, 2.45) is 5.92 Å². The number of ether oxygens (including phenoxy) is 1. The average molecular weight is 390 g/mol. The van der Waals surface area contributed by atoms with Gasteiger partial charge in [0.05, 0.1) is 19.2 Å². The molecule has 1 fully saturated rings. The molecule has 1 aliphatic rings. The third-order valence-electron chi connectivity index (χ3n) is 5.51. The van der Waals surface area contributed by atoms with E-state index >= 15 is 0 Å². The summed E-state index contributed by atoms with van der Waals surface area (Å²) in [6.07, 6.45) is 4.71. The summed E-state index contributed by atoms with van der Waals surface area (Å²) >= 11 is 0. The molecular weight excluding hydrogens is 364 g/mol. The van der Waals surface area contributed by atoms with Gasteiger partial charge in [0.2, 0.25) is 0 Å². The molecule has 1 saturated heterocycles. The quantitative estimate of drug-likeness (QED) is 0.647. The van der Waals surface area contributed by atoms with Crippen molar-refractivity contribution in [1.82, 2.24) is 19.7 Å². The van der Waals surface area contributed by atoms with Crippen molar-refractivity contribution in [2.45, 2.75) is 25.8 Å². The molecule has 1 aromatic heterocycles. The van der Waals surface area contributed by atoms with Crippen LogP contribution in [0.15, 0.2) is 60.9 Å². The second kappa shape index (κ2) is 8.90. The second-order valence-corrected chi connectivity index (χ2v) is 7.52. The summed E-state index contributed by atoms with van der Waals surface area (Å²) in [6.45, 7) is 2.28. The number of amides is 1. The lowest BCUT2D eigenvalue weighted by Crippen LogP contribution is -2.40. The number of aromatic nitrogens is 3. The molecule has 0 radical (unpaired) electrons. The Morgan fingerprint density at radius 2 is 1.93 bits per heavy atom. The molecule has 6 heteroatoms. The van der Waals surface area contributed by atoms with Gasteiger partial charge in [-0.1, -0.05) is 42.5 Å². The maximum atomic E-state index is 13.0. The Hall–Kier alpha value is -3.15. The van der Waals surface area contributed by atoms with Crippen LogP contribution in [0.25, 0.3) is 0 Å². The van der Waals surface area contributed by atoms with Gasteiger partial charge in [0.25, 0.3) is 5.91 Å². The Labute approximate surface area is 171 Å². The van der Waals surface area contributed by atoms with Crippen LogP contribution in [0.3, 0.4) is 0 Å². The summed E-state index contributed by atoms with van der Waals surface area (Å²) < 4.78 is 7.48. The van der Waals surface area contributed by atoms with Gasteiger partial charge in [0.15, 0.2) is 0 Å². The van der Waals surface area contributed by atoms with Gasteiger partial charge in [0.1, 0.15) is 17.9 Å². The van der Waals surface area contributed by atoms with E-state index in [1.165, 1.54) is 5.56 Å². The normalized spacial score (nSPS) is 16.6. The molecule has 0 N–H and O–H groups in total. The summed E-state index contributed by atoms with van der Waals surface area (Å²) in [7, 11) is 1.60. The number of benzene rings is 2. The fourth-order valence-corrected chi connectivity index (χ4v) is 4.02. The van der Waals surface area contributed by atoms with Gasteiger partial charge in [0, 0.05) is 19.5 Å². The number of methoxy groups -OCH3 is 1. The fourth-order valence-electron chi connectivity index (χ4n) is 4.02. The molecule has 0 aliphatic carbocycles. The molecular formula is C23H26N4O2. The fraction of sp³-hybridized carbons (Fsp3) is 0.348. The van der Waals surface area contributed by atoms with Crippen molar-refractivity contribution >= 4 is 5.91 Å². The van der Waals surface area contributed by atoms with E-state index in [1.54, 1.807) is 13.4 Å². The van der Waals surface area contributed by atoms with E-state index in [0.29, 0.717) is 17.2 Å². The molecule has 1 unspecified atom stereocenters. The van der Waals surface area contributed by atoms with Crippen LogP contribution in [-0.4, -0.2) is 45.8 Å². The van der Waals surface area contributed by atoms with Crippen molar-refractivity contribution < 1.29 is 9.53 Å². The smallest absolute Gasteiger partial charge is 0.257 e. The van der Waals surface area contributed by atoms with Crippen molar-refractivity contribution in [1.29, 1.82) is 0 Å². The zero-order chi connectivity index (χ0) is 20.1. The average Bonchev–Trinajstić information content (AvgIpc) is 3.20. The van der Waals surface area contributed by atoms with Crippen LogP contribution < -0.4 is 4.74 Å². The van der Waals surface area contributed by atoms with Crippen LogP contribution in [0, 0.1) is 5.92 Å². The lowest BCUT2D eigenvalue weighted by Gasteiger charge is -2.33. The lowest BCUT2D eigenvalue weighted by molar-refractivity contribution is 0.0668. The Kier molecular flexibility index (Phi) is 5.89. The molecule has 2 aromatic carbocycles. The molecule has 0 saturated carbocycles. The Morgan fingerprint density at radius 1 is 1.14 bits per heavy atom. The molecule has 1 aliphatic heterocycles. The van der Waals surface area contributed by atoms with E-state index in [-0.39, 0.29) is 5.91 Å². The van der Waals surface area contributed by atoms with E-state index in [9.17, 15) is 4.79 Å². The third-order valence-corrected chi connectivity index (χ3v) is 5.51. The highest BCUT2D eigenvalue weighted by atomic mass is 16.5. The van der Waals surface area contributed by atoms with Crippen LogP contribution in [0.4, 0.5) is 0 Å². The Morgan fingerprint density at radius 3 is 2.76 bits per heavy atom. The standard InChI is InChI=1S/C23H26N4O2/c1-29-21-12-6-5-11-20(21)23(28)26-13-7-10-19(16-26)14-22-25-24-17-27(22)15-18-8-3-2-4-9-18/h2-6,8-9,11-12,17,19H,7,10,13-16H2,1H3. The van der Waals surface area contributed by atoms with Crippen molar-refractivity contribution in [3.8, 4) is 5.75 Å². The highest BCUT2D eigenvalue weighted by molar-refractivity contribution is 5.97. The van der Waals surface area contributed by atoms with E-state index < -0.39 is 0 Å². The highest BCUT2D eigenvalue weighted by Crippen LogP contribution is 2.25. The number of carbonyl (C=O) groups excluding carboxylic acids is 1. The number of rotatable bonds is 6. The van der Waals surface area contributed by atoms with Gasteiger partial charge in [-0.3, -0.25) is 4.79 Å². The van der Waals surface area contributed by atoms with E-state index in [1.807, 2.05) is 47.4 Å². The predicted octanol–water partition coefficient (Wildman–Crippen LogP) is 3.43. The summed E-state index contributed by atoms with van der Waals surface area (Å²) in [6, 6.07) is 17.8. The minimum absolute atomic E-state index is 0.0397. The summed E-state index contributed by atoms with van der Waals surface area (Å²) in [4.78, 5) is 15.0. The topological polar surface area (TPSA) is 60.2 Å². The van der Waals surface area contributed by atoms with Gasteiger partial charge in [-0.2, -0.15) is 0 Å². The number of carbonyl (C=O) groups is 1. The Bertz CT molecular complexity index is 954. The maximum absolute atomic E-state index is 13.0. The lowest BCUT2D eigenvalue weighted by atomic mass is 9.94. The summed E-state index contributed by atoms with van der Waals surface area (Å²) in [5, 5.41) is 8.48. The largest absolute Gasteiger partial charge is 0.496 e. The van der Waals surface area contributed by atoms with Crippen LogP contribution >= 0.6 is 0 Å². The molecule has 1 amide bonds. The maximum Gasteiger partial charge on any atom is 0.257 e. The van der Waals surface area contributed by atoms with Gasteiger partial charge in [-0.25, -0.2) is 0 Å². The van der Waals surface area contributed by atoms with Crippen molar-refractivity contribution in [3.05, 3.63) is 77.9 Å². The van der Waals surface area contributed by atoms with Gasteiger partial charge in [-0.15, -0.1) is 10.2 Å². The molecule has 150 valence electrons. The number of nitrogens with zero attached hydrogens (tertiary/aromatic N) is 4. The van der Waals surface area contributed by atoms with Crippen molar-refractivity contribution in [2.75, 3.05) is 20.2 Å². The second-order valence-electron chi connectivity index (χ2n) is 7.52. The Balaban J connectivity index is 1.43. The zero-order valence-corrected chi connectivity index (χ0v) is 16.7. The first-order valence-electron chi connectivity index (χ1n) is 10.1. The molecule has 1 atom stereocenters. The number of hydrogen-bond acceptors (Lipinski definition) is 4. The number of likely N-dealkylation sites (tertiary alicyclic amines) is 1. The molecule has 4 rings (SSSR count). The third kappa shape index (κ3) is 4.47. The van der Waals surface area contributed by atoms with Gasteiger partial charge < -0.3 is 14.2 Å². The molecule has 2 heterocycles. The summed E-state index contributed by atoms with van der Waals surface area (Å²) in [5.41, 5.74) is 1.85. The molecule has 29 heavy (non-hydrogen) atoms. The van der Waals surface area contributed by atoms with Crippen LogP contribution in [0.1, 0.15) is 34.6 Å². The first kappa shape index (κ1) is 19.2. The van der Waals surface area contributed by atoms with Crippen LogP contribution in [-0.2, 0) is 13.0 Å². The van der Waals surface area contributed by atoms with Crippen LogP contribution in [0.2, 0.25) is 0 Å². The van der Waals surface area contributed by atoms with E-state index in [2.05, 4.69) is 26.9 Å². The number of para-hydroxylation sites is 1. The van der Waals surface area contributed by atoms with E-state index in [4.69, 9.17) is 4.74 Å². The van der Waals surface area contributed by atoms with Gasteiger partial charge in [-0.05, 0) is 36.5 Å². The number of hydrogen-bond donors (Lipinski definition) is 0. The van der Waals surface area contributed by atoms with Crippen LogP contribution in [0.5, 0.6) is 5.75 Å². The molecule has 0 bridgehead atoms. The van der Waals surface area contributed by atoms with E-state index in [0.717, 1.165) is 44.7 Å². The molecule has 6 nitrogen and oxygen atoms in total. The molecule has 0 spiro atoms. The first-order valence-corrected chi connectivity index (χ1v) is 10.1. The summed E-state index contributed by atoms with van der Waals surface area (Å²) in [5.74, 6) is 2.02. The monoisotopic (exact) mass is 390 g/mol. The first-order chi connectivity index (χ1) is 14.2. The highest BCUT2D eigenvalue weighted by Gasteiger charge is 2.27. The minimum Gasteiger partial charge on any atom is -0.496 e. The number of piperidine rings is 1.